The van der Waals surface area contributed by atoms with Gasteiger partial charge in [0.05, 0.1) is 6.61 Å². The molecule has 1 rings (SSSR count). The first-order valence-corrected chi connectivity index (χ1v) is 7.14. The highest BCUT2D eigenvalue weighted by atomic mass is 16.5. The zero-order valence-corrected chi connectivity index (χ0v) is 12.7. The third kappa shape index (κ3) is 7.74. The minimum absolute atomic E-state index is 0.575. The van der Waals surface area contributed by atoms with Gasteiger partial charge in [-0.05, 0) is 18.1 Å². The second-order valence-electron chi connectivity index (χ2n) is 4.97. The molecule has 0 atom stereocenters. The van der Waals surface area contributed by atoms with Crippen molar-refractivity contribution in [2.75, 3.05) is 33.4 Å². The van der Waals surface area contributed by atoms with Gasteiger partial charge in [0, 0.05) is 45.1 Å². The number of nitrogens with zero attached hydrogens (tertiary/aromatic N) is 2. The summed E-state index contributed by atoms with van der Waals surface area (Å²) >= 11 is 0. The highest BCUT2D eigenvalue weighted by molar-refractivity contribution is 5.79. The first-order chi connectivity index (χ1) is 9.72. The van der Waals surface area contributed by atoms with E-state index >= 15 is 0 Å². The highest BCUT2D eigenvalue weighted by Gasteiger charge is 1.98. The smallest absolute Gasteiger partial charge is 0.191 e. The molecule has 0 unspecified atom stereocenters. The molecular weight excluding hydrogens is 252 g/mol. The van der Waals surface area contributed by atoms with Crippen LogP contribution in [0.15, 0.2) is 29.4 Å². The van der Waals surface area contributed by atoms with Crippen LogP contribution in [0.5, 0.6) is 0 Å². The Labute approximate surface area is 121 Å². The number of ether oxygens (including phenoxy) is 1. The average Bonchev–Trinajstić information content (AvgIpc) is 2.46. The topological polar surface area (TPSA) is 58.5 Å². The Morgan fingerprint density at radius 1 is 1.30 bits per heavy atom. The number of hydrogen-bond acceptors (Lipinski definition) is 3. The lowest BCUT2D eigenvalue weighted by molar-refractivity contribution is 0.114. The summed E-state index contributed by atoms with van der Waals surface area (Å²) in [6.45, 7) is 7.35. The Kier molecular flexibility index (Phi) is 8.38. The molecule has 0 aliphatic carbocycles. The van der Waals surface area contributed by atoms with E-state index in [0.29, 0.717) is 12.5 Å². The van der Waals surface area contributed by atoms with Gasteiger partial charge in [-0.1, -0.05) is 19.9 Å². The van der Waals surface area contributed by atoms with Crippen molar-refractivity contribution in [2.24, 2.45) is 10.9 Å². The number of hydrogen-bond donors (Lipinski definition) is 2. The fraction of sp³-hybridized carbons (Fsp3) is 0.600. The number of rotatable bonds is 8. The summed E-state index contributed by atoms with van der Waals surface area (Å²) in [5, 5.41) is 6.48. The summed E-state index contributed by atoms with van der Waals surface area (Å²) in [7, 11) is 1.77. The van der Waals surface area contributed by atoms with Crippen LogP contribution in [0, 0.1) is 5.92 Å². The Balaban J connectivity index is 2.11. The first-order valence-electron chi connectivity index (χ1n) is 7.14. The lowest BCUT2D eigenvalue weighted by atomic mass is 10.2. The van der Waals surface area contributed by atoms with Gasteiger partial charge in [0.15, 0.2) is 5.96 Å². The summed E-state index contributed by atoms with van der Waals surface area (Å²) < 4.78 is 5.51. The third-order valence-corrected chi connectivity index (χ3v) is 2.61. The molecule has 0 saturated carbocycles. The standard InChI is InChI=1S/C15H26N4O/c1-13(2)12-20-11-10-19-15(16-3)18-9-7-14-6-4-5-8-17-14/h4-6,8,13H,7,9-12H2,1-3H3,(H2,16,18,19). The van der Waals surface area contributed by atoms with Crippen molar-refractivity contribution in [1.82, 2.24) is 15.6 Å². The molecule has 5 heteroatoms. The zero-order valence-electron chi connectivity index (χ0n) is 12.7. The van der Waals surface area contributed by atoms with Gasteiger partial charge >= 0.3 is 0 Å². The monoisotopic (exact) mass is 278 g/mol. The first kappa shape index (κ1) is 16.4. The van der Waals surface area contributed by atoms with Crippen LogP contribution >= 0.6 is 0 Å². The van der Waals surface area contributed by atoms with Crippen molar-refractivity contribution in [3.05, 3.63) is 30.1 Å². The second kappa shape index (κ2) is 10.2. The largest absolute Gasteiger partial charge is 0.379 e. The third-order valence-electron chi connectivity index (χ3n) is 2.61. The van der Waals surface area contributed by atoms with Gasteiger partial charge in [-0.3, -0.25) is 9.98 Å². The molecule has 20 heavy (non-hydrogen) atoms. The quantitative estimate of drug-likeness (QED) is 0.429. The molecule has 0 amide bonds. The molecule has 1 heterocycles. The number of guanidine groups is 1. The van der Waals surface area contributed by atoms with E-state index in [-0.39, 0.29) is 0 Å². The van der Waals surface area contributed by atoms with Crippen LogP contribution < -0.4 is 10.6 Å². The molecule has 1 aromatic heterocycles. The van der Waals surface area contributed by atoms with Crippen LogP contribution in [-0.2, 0) is 11.2 Å². The maximum atomic E-state index is 5.51. The normalized spacial score (nSPS) is 11.7. The minimum atomic E-state index is 0.575. The molecule has 0 aliphatic heterocycles. The lowest BCUT2D eigenvalue weighted by Gasteiger charge is -2.12. The Morgan fingerprint density at radius 3 is 2.75 bits per heavy atom. The summed E-state index contributed by atoms with van der Waals surface area (Å²) in [5.74, 6) is 1.37. The second-order valence-corrected chi connectivity index (χ2v) is 4.97. The predicted octanol–water partition coefficient (Wildman–Crippen LogP) is 1.46. The number of aliphatic imine (C=N–C) groups is 1. The molecule has 112 valence electrons. The zero-order chi connectivity index (χ0) is 14.6. The SMILES string of the molecule is CN=C(NCCOCC(C)C)NCCc1ccccn1. The van der Waals surface area contributed by atoms with E-state index in [4.69, 9.17) is 4.74 Å². The summed E-state index contributed by atoms with van der Waals surface area (Å²) in [4.78, 5) is 8.45. The van der Waals surface area contributed by atoms with E-state index in [0.717, 1.165) is 37.8 Å². The minimum Gasteiger partial charge on any atom is -0.379 e. The Bertz CT molecular complexity index is 379. The Morgan fingerprint density at radius 2 is 2.10 bits per heavy atom. The van der Waals surface area contributed by atoms with Gasteiger partial charge in [0.25, 0.3) is 0 Å². The summed E-state index contributed by atoms with van der Waals surface area (Å²) in [5.41, 5.74) is 1.08. The van der Waals surface area contributed by atoms with Crippen LogP contribution in [-0.4, -0.2) is 44.3 Å². The van der Waals surface area contributed by atoms with E-state index in [9.17, 15) is 0 Å². The van der Waals surface area contributed by atoms with E-state index in [2.05, 4.69) is 34.5 Å². The summed E-state index contributed by atoms with van der Waals surface area (Å²) in [6, 6.07) is 5.95. The molecule has 0 spiro atoms. The molecule has 5 nitrogen and oxygen atoms in total. The van der Waals surface area contributed by atoms with Gasteiger partial charge in [-0.2, -0.15) is 0 Å². The molecule has 0 aromatic carbocycles. The molecule has 1 aromatic rings. The van der Waals surface area contributed by atoms with Crippen LogP contribution in [0.25, 0.3) is 0 Å². The molecule has 2 N–H and O–H groups in total. The maximum absolute atomic E-state index is 5.51. The maximum Gasteiger partial charge on any atom is 0.191 e. The van der Waals surface area contributed by atoms with Crippen molar-refractivity contribution in [1.29, 1.82) is 0 Å². The van der Waals surface area contributed by atoms with Gasteiger partial charge in [-0.15, -0.1) is 0 Å². The van der Waals surface area contributed by atoms with Gasteiger partial charge in [-0.25, -0.2) is 0 Å². The van der Waals surface area contributed by atoms with Crippen molar-refractivity contribution in [3.8, 4) is 0 Å². The molecule has 0 aliphatic rings. The van der Waals surface area contributed by atoms with Crippen LogP contribution in [0.3, 0.4) is 0 Å². The molecule has 0 bridgehead atoms. The predicted molar refractivity (Wildman–Crippen MR) is 83.0 cm³/mol. The van der Waals surface area contributed by atoms with Crippen molar-refractivity contribution < 1.29 is 4.74 Å². The molecule has 0 saturated heterocycles. The highest BCUT2D eigenvalue weighted by Crippen LogP contribution is 1.93. The molecule has 0 fully saturated rings. The molecular formula is C15H26N4O. The van der Waals surface area contributed by atoms with E-state index in [1.165, 1.54) is 0 Å². The van der Waals surface area contributed by atoms with Crippen LogP contribution in [0.4, 0.5) is 0 Å². The van der Waals surface area contributed by atoms with Crippen LogP contribution in [0.1, 0.15) is 19.5 Å². The van der Waals surface area contributed by atoms with Gasteiger partial charge in [0.1, 0.15) is 0 Å². The average molecular weight is 278 g/mol. The molecule has 0 radical (unpaired) electrons. The Hall–Kier alpha value is -1.62. The fourth-order valence-electron chi connectivity index (χ4n) is 1.64. The van der Waals surface area contributed by atoms with Crippen molar-refractivity contribution in [3.63, 3.8) is 0 Å². The lowest BCUT2D eigenvalue weighted by Crippen LogP contribution is -2.40. The number of nitrogens with one attached hydrogen (secondary N) is 2. The van der Waals surface area contributed by atoms with Crippen molar-refractivity contribution >= 4 is 5.96 Å². The van der Waals surface area contributed by atoms with E-state index in [1.54, 1.807) is 7.05 Å². The van der Waals surface area contributed by atoms with Gasteiger partial charge < -0.3 is 15.4 Å². The van der Waals surface area contributed by atoms with E-state index < -0.39 is 0 Å². The number of pyridine rings is 1. The number of aromatic nitrogens is 1. The van der Waals surface area contributed by atoms with Crippen molar-refractivity contribution in [2.45, 2.75) is 20.3 Å². The summed E-state index contributed by atoms with van der Waals surface area (Å²) in [6.07, 6.45) is 2.69. The van der Waals surface area contributed by atoms with Gasteiger partial charge in [0.2, 0.25) is 0 Å². The fourth-order valence-corrected chi connectivity index (χ4v) is 1.64. The van der Waals surface area contributed by atoms with E-state index in [1.807, 2.05) is 24.4 Å². The van der Waals surface area contributed by atoms with Crippen LogP contribution in [0.2, 0.25) is 0 Å².